The fourth-order valence-electron chi connectivity index (χ4n) is 1.86. The van der Waals surface area contributed by atoms with Gasteiger partial charge in [-0.1, -0.05) is 19.1 Å². The minimum Gasteiger partial charge on any atom is -0.481 e. The summed E-state index contributed by atoms with van der Waals surface area (Å²) < 4.78 is 0. The molecule has 1 atom stereocenters. The Morgan fingerprint density at radius 3 is 2.24 bits per heavy atom. The molecule has 5 heteroatoms. The summed E-state index contributed by atoms with van der Waals surface area (Å²) in [5.74, 6) is -1.14. The summed E-state index contributed by atoms with van der Waals surface area (Å²) in [6.07, 6.45) is 0.463. The smallest absolute Gasteiger partial charge is 0.311 e. The lowest BCUT2D eigenvalue weighted by Crippen LogP contribution is -2.40. The van der Waals surface area contributed by atoms with Crippen molar-refractivity contribution in [1.29, 1.82) is 0 Å². The molecular formula is C16H24N2O3. The highest BCUT2D eigenvalue weighted by atomic mass is 16.4. The maximum absolute atomic E-state index is 12.0. The quantitative estimate of drug-likeness (QED) is 0.806. The van der Waals surface area contributed by atoms with Gasteiger partial charge in [0.2, 0.25) is 0 Å². The second-order valence-electron chi connectivity index (χ2n) is 5.84. The van der Waals surface area contributed by atoms with Crippen LogP contribution in [-0.2, 0) is 11.3 Å². The SMILES string of the molecule is CCC(C)(CNC(=O)c1ccc(CN(C)C)cc1)C(=O)O. The van der Waals surface area contributed by atoms with Crippen molar-refractivity contribution in [3.05, 3.63) is 35.4 Å². The van der Waals surface area contributed by atoms with Gasteiger partial charge in [0.1, 0.15) is 0 Å². The molecule has 2 N–H and O–H groups in total. The molecule has 21 heavy (non-hydrogen) atoms. The molecule has 0 fully saturated rings. The molecule has 0 aliphatic rings. The average molecular weight is 292 g/mol. The topological polar surface area (TPSA) is 69.6 Å². The zero-order chi connectivity index (χ0) is 16.0. The third-order valence-electron chi connectivity index (χ3n) is 3.65. The Hall–Kier alpha value is -1.88. The molecule has 0 saturated heterocycles. The van der Waals surface area contributed by atoms with Crippen LogP contribution in [-0.4, -0.2) is 42.5 Å². The molecule has 0 bridgehead atoms. The van der Waals surface area contributed by atoms with Gasteiger partial charge in [0.25, 0.3) is 5.91 Å². The van der Waals surface area contributed by atoms with E-state index in [0.717, 1.165) is 12.1 Å². The van der Waals surface area contributed by atoms with E-state index in [0.29, 0.717) is 12.0 Å². The lowest BCUT2D eigenvalue weighted by atomic mass is 9.87. The minimum atomic E-state index is -0.930. The molecule has 0 spiro atoms. The normalized spacial score (nSPS) is 13.8. The number of nitrogens with zero attached hydrogens (tertiary/aromatic N) is 1. The first kappa shape index (κ1) is 17.2. The molecule has 0 saturated carbocycles. The van der Waals surface area contributed by atoms with Gasteiger partial charge in [0.15, 0.2) is 0 Å². The van der Waals surface area contributed by atoms with E-state index in [2.05, 4.69) is 10.2 Å². The number of carboxylic acid groups (broad SMARTS) is 1. The lowest BCUT2D eigenvalue weighted by Gasteiger charge is -2.23. The largest absolute Gasteiger partial charge is 0.481 e. The summed E-state index contributed by atoms with van der Waals surface area (Å²) in [6, 6.07) is 7.34. The van der Waals surface area contributed by atoms with Gasteiger partial charge < -0.3 is 15.3 Å². The zero-order valence-corrected chi connectivity index (χ0v) is 13.1. The second kappa shape index (κ2) is 7.22. The molecule has 1 rings (SSSR count). The standard InChI is InChI=1S/C16H24N2O3/c1-5-16(2,15(20)21)11-17-14(19)13-8-6-12(7-9-13)10-18(3)4/h6-9H,5,10-11H2,1-4H3,(H,17,19)(H,20,21). The number of rotatable bonds is 7. The Morgan fingerprint density at radius 1 is 1.24 bits per heavy atom. The number of benzene rings is 1. The summed E-state index contributed by atoms with van der Waals surface area (Å²) in [5.41, 5.74) is 0.738. The van der Waals surface area contributed by atoms with Crippen molar-refractivity contribution in [2.75, 3.05) is 20.6 Å². The van der Waals surface area contributed by atoms with Crippen LogP contribution in [0.15, 0.2) is 24.3 Å². The molecule has 0 heterocycles. The monoisotopic (exact) mass is 292 g/mol. The average Bonchev–Trinajstić information content (AvgIpc) is 2.44. The van der Waals surface area contributed by atoms with Crippen molar-refractivity contribution in [2.24, 2.45) is 5.41 Å². The highest BCUT2D eigenvalue weighted by molar-refractivity contribution is 5.94. The highest BCUT2D eigenvalue weighted by Gasteiger charge is 2.31. The van der Waals surface area contributed by atoms with Crippen LogP contribution in [0.5, 0.6) is 0 Å². The van der Waals surface area contributed by atoms with Crippen LogP contribution in [0, 0.1) is 5.41 Å². The third kappa shape index (κ3) is 4.86. The van der Waals surface area contributed by atoms with E-state index in [-0.39, 0.29) is 12.5 Å². The van der Waals surface area contributed by atoms with Crippen molar-refractivity contribution in [2.45, 2.75) is 26.8 Å². The van der Waals surface area contributed by atoms with Crippen molar-refractivity contribution < 1.29 is 14.7 Å². The van der Waals surface area contributed by atoms with Crippen LogP contribution in [0.4, 0.5) is 0 Å². The fourth-order valence-corrected chi connectivity index (χ4v) is 1.86. The number of carbonyl (C=O) groups is 2. The van der Waals surface area contributed by atoms with Crippen LogP contribution < -0.4 is 5.32 Å². The Morgan fingerprint density at radius 2 is 1.81 bits per heavy atom. The van der Waals surface area contributed by atoms with Crippen LogP contribution in [0.1, 0.15) is 36.2 Å². The van der Waals surface area contributed by atoms with Crippen LogP contribution in [0.3, 0.4) is 0 Å². The molecule has 1 amide bonds. The first-order chi connectivity index (χ1) is 9.78. The van der Waals surface area contributed by atoms with Gasteiger partial charge >= 0.3 is 5.97 Å². The summed E-state index contributed by atoms with van der Waals surface area (Å²) in [7, 11) is 3.97. The summed E-state index contributed by atoms with van der Waals surface area (Å²) in [6.45, 7) is 4.37. The van der Waals surface area contributed by atoms with E-state index in [9.17, 15) is 14.7 Å². The van der Waals surface area contributed by atoms with E-state index in [1.807, 2.05) is 26.2 Å². The second-order valence-corrected chi connectivity index (χ2v) is 5.84. The highest BCUT2D eigenvalue weighted by Crippen LogP contribution is 2.20. The Kier molecular flexibility index (Phi) is 5.90. The van der Waals surface area contributed by atoms with Crippen molar-refractivity contribution in [1.82, 2.24) is 10.2 Å². The molecule has 0 radical (unpaired) electrons. The molecule has 0 aromatic heterocycles. The van der Waals surface area contributed by atoms with E-state index in [4.69, 9.17) is 0 Å². The van der Waals surface area contributed by atoms with Gasteiger partial charge in [0.05, 0.1) is 5.41 Å². The number of amides is 1. The first-order valence-electron chi connectivity index (χ1n) is 7.04. The summed E-state index contributed by atoms with van der Waals surface area (Å²) in [4.78, 5) is 25.3. The first-order valence-corrected chi connectivity index (χ1v) is 7.04. The van der Waals surface area contributed by atoms with Gasteiger partial charge in [-0.3, -0.25) is 9.59 Å². The van der Waals surface area contributed by atoms with Gasteiger partial charge in [-0.05, 0) is 45.1 Å². The predicted octanol–water partition coefficient (Wildman–Crippen LogP) is 1.98. The molecule has 5 nitrogen and oxygen atoms in total. The summed E-state index contributed by atoms with van der Waals surface area (Å²) >= 11 is 0. The molecule has 116 valence electrons. The maximum atomic E-state index is 12.0. The molecule has 0 aliphatic carbocycles. The Balaban J connectivity index is 2.66. The van der Waals surface area contributed by atoms with Crippen molar-refractivity contribution >= 4 is 11.9 Å². The molecule has 1 aromatic rings. The van der Waals surface area contributed by atoms with E-state index in [1.54, 1.807) is 26.0 Å². The van der Waals surface area contributed by atoms with Crippen molar-refractivity contribution in [3.63, 3.8) is 0 Å². The molecule has 0 aliphatic heterocycles. The fraction of sp³-hybridized carbons (Fsp3) is 0.500. The van der Waals surface area contributed by atoms with Crippen LogP contribution in [0.25, 0.3) is 0 Å². The number of hydrogen-bond acceptors (Lipinski definition) is 3. The van der Waals surface area contributed by atoms with E-state index in [1.165, 1.54) is 0 Å². The minimum absolute atomic E-state index is 0.122. The number of nitrogens with one attached hydrogen (secondary N) is 1. The van der Waals surface area contributed by atoms with Gasteiger partial charge in [-0.25, -0.2) is 0 Å². The number of carboxylic acids is 1. The molecular weight excluding hydrogens is 268 g/mol. The Bertz CT molecular complexity index is 497. The van der Waals surface area contributed by atoms with Gasteiger partial charge in [0, 0.05) is 18.7 Å². The molecule has 1 unspecified atom stereocenters. The maximum Gasteiger partial charge on any atom is 0.311 e. The molecule has 1 aromatic carbocycles. The summed E-state index contributed by atoms with van der Waals surface area (Å²) in [5, 5.41) is 11.9. The van der Waals surface area contributed by atoms with Crippen LogP contribution in [0.2, 0.25) is 0 Å². The van der Waals surface area contributed by atoms with Gasteiger partial charge in [-0.2, -0.15) is 0 Å². The number of hydrogen-bond donors (Lipinski definition) is 2. The number of carbonyl (C=O) groups excluding carboxylic acids is 1. The van der Waals surface area contributed by atoms with Gasteiger partial charge in [-0.15, -0.1) is 0 Å². The zero-order valence-electron chi connectivity index (χ0n) is 13.1. The van der Waals surface area contributed by atoms with Crippen molar-refractivity contribution in [3.8, 4) is 0 Å². The Labute approximate surface area is 126 Å². The van der Waals surface area contributed by atoms with E-state index >= 15 is 0 Å². The van der Waals surface area contributed by atoms with Crippen LogP contribution >= 0.6 is 0 Å². The lowest BCUT2D eigenvalue weighted by molar-refractivity contribution is -0.147. The predicted molar refractivity (Wildman–Crippen MR) is 82.2 cm³/mol. The number of aliphatic carboxylic acids is 1. The van der Waals surface area contributed by atoms with E-state index < -0.39 is 11.4 Å². The third-order valence-corrected chi connectivity index (χ3v) is 3.65.